The summed E-state index contributed by atoms with van der Waals surface area (Å²) < 4.78 is 29.9. The van der Waals surface area contributed by atoms with Crippen molar-refractivity contribution in [3.8, 4) is 0 Å². The molecule has 9 heteroatoms. The molecule has 1 amide bonds. The van der Waals surface area contributed by atoms with Gasteiger partial charge in [0, 0.05) is 31.4 Å². The quantitative estimate of drug-likeness (QED) is 0.832. The fourth-order valence-corrected chi connectivity index (χ4v) is 5.52. The van der Waals surface area contributed by atoms with Gasteiger partial charge in [0.15, 0.2) is 9.84 Å². The first-order chi connectivity index (χ1) is 11.6. The molecule has 2 atom stereocenters. The molecule has 2 saturated heterocycles. The van der Waals surface area contributed by atoms with Gasteiger partial charge in [0.05, 0.1) is 29.6 Å². The molecule has 0 saturated carbocycles. The number of rotatable bonds is 2. The Bertz CT molecular complexity index is 752. The molecule has 1 aromatic rings. The van der Waals surface area contributed by atoms with Crippen LogP contribution in [-0.4, -0.2) is 76.6 Å². The lowest BCUT2D eigenvalue weighted by Crippen LogP contribution is -2.60. The summed E-state index contributed by atoms with van der Waals surface area (Å²) in [6.07, 6.45) is 1.21. The zero-order valence-corrected chi connectivity index (χ0v) is 16.0. The van der Waals surface area contributed by atoms with Crippen molar-refractivity contribution in [3.05, 3.63) is 17.7 Å². The van der Waals surface area contributed by atoms with Crippen molar-refractivity contribution in [2.24, 2.45) is 0 Å². The lowest BCUT2D eigenvalue weighted by Gasteiger charge is -2.43. The van der Waals surface area contributed by atoms with E-state index in [9.17, 15) is 13.2 Å². The van der Waals surface area contributed by atoms with E-state index in [-0.39, 0.29) is 23.6 Å². The van der Waals surface area contributed by atoms with Crippen LogP contribution in [0.2, 0.25) is 0 Å². The van der Waals surface area contributed by atoms with Crippen LogP contribution in [0.15, 0.2) is 6.33 Å². The van der Waals surface area contributed by atoms with Crippen molar-refractivity contribution in [1.29, 1.82) is 0 Å². The number of nitrogens with zero attached hydrogens (tertiary/aromatic N) is 3. The number of piperazine rings is 1. The highest BCUT2D eigenvalue weighted by Crippen LogP contribution is 2.29. The van der Waals surface area contributed by atoms with E-state index >= 15 is 0 Å². The van der Waals surface area contributed by atoms with E-state index in [1.54, 1.807) is 11.2 Å². The molecule has 2 aliphatic rings. The minimum Gasteiger partial charge on any atom is -0.444 e. The second kappa shape index (κ2) is 6.28. The largest absolute Gasteiger partial charge is 0.444 e. The third kappa shape index (κ3) is 3.98. The molecule has 0 aliphatic carbocycles. The van der Waals surface area contributed by atoms with Gasteiger partial charge in [-0.2, -0.15) is 0 Å². The Hall–Kier alpha value is -1.61. The number of carbonyl (C=O) groups is 1. The summed E-state index contributed by atoms with van der Waals surface area (Å²) in [5.41, 5.74) is 1.29. The summed E-state index contributed by atoms with van der Waals surface area (Å²) in [6.45, 7) is 9.01. The average Bonchev–Trinajstić information content (AvgIpc) is 2.99. The van der Waals surface area contributed by atoms with Crippen LogP contribution in [0, 0.1) is 6.92 Å². The molecule has 3 rings (SSSR count). The van der Waals surface area contributed by atoms with Gasteiger partial charge in [-0.25, -0.2) is 18.2 Å². The zero-order valence-electron chi connectivity index (χ0n) is 15.2. The van der Waals surface area contributed by atoms with Gasteiger partial charge in [0.2, 0.25) is 0 Å². The summed E-state index contributed by atoms with van der Waals surface area (Å²) in [7, 11) is -3.18. The number of hydrogen-bond acceptors (Lipinski definition) is 6. The third-order valence-corrected chi connectivity index (χ3v) is 6.40. The first-order valence-corrected chi connectivity index (χ1v) is 10.3. The molecule has 0 unspecified atom stereocenters. The Labute approximate surface area is 148 Å². The Balaban J connectivity index is 1.80. The van der Waals surface area contributed by atoms with Crippen molar-refractivity contribution in [2.75, 3.05) is 24.6 Å². The number of imidazole rings is 1. The Morgan fingerprint density at radius 2 is 2.00 bits per heavy atom. The molecule has 3 heterocycles. The van der Waals surface area contributed by atoms with Crippen molar-refractivity contribution in [1.82, 2.24) is 19.8 Å². The molecular formula is C16H26N4O4S. The Morgan fingerprint density at radius 1 is 1.32 bits per heavy atom. The molecule has 1 N–H and O–H groups in total. The van der Waals surface area contributed by atoms with Crippen LogP contribution in [-0.2, 0) is 21.1 Å². The number of H-pyrrole nitrogens is 1. The van der Waals surface area contributed by atoms with Crippen LogP contribution in [0.1, 0.15) is 32.2 Å². The number of aromatic nitrogens is 2. The molecule has 0 aromatic carbocycles. The van der Waals surface area contributed by atoms with Crippen LogP contribution < -0.4 is 0 Å². The first-order valence-electron chi connectivity index (χ1n) is 8.49. The fourth-order valence-electron chi connectivity index (χ4n) is 3.51. The van der Waals surface area contributed by atoms with Gasteiger partial charge < -0.3 is 14.6 Å². The summed E-state index contributed by atoms with van der Waals surface area (Å²) in [5, 5.41) is 0. The van der Waals surface area contributed by atoms with E-state index in [1.165, 1.54) is 0 Å². The van der Waals surface area contributed by atoms with Crippen LogP contribution >= 0.6 is 0 Å². The van der Waals surface area contributed by atoms with Crippen LogP contribution in [0.3, 0.4) is 0 Å². The van der Waals surface area contributed by atoms with Crippen molar-refractivity contribution < 1.29 is 17.9 Å². The maximum absolute atomic E-state index is 12.5. The van der Waals surface area contributed by atoms with Gasteiger partial charge in [0.1, 0.15) is 5.60 Å². The number of fused-ring (bicyclic) bond motifs is 1. The van der Waals surface area contributed by atoms with E-state index in [2.05, 4.69) is 14.9 Å². The van der Waals surface area contributed by atoms with E-state index in [1.807, 2.05) is 27.7 Å². The summed E-state index contributed by atoms with van der Waals surface area (Å²) in [6, 6.07) is -0.588. The molecule has 1 aromatic heterocycles. The Morgan fingerprint density at radius 3 is 2.60 bits per heavy atom. The van der Waals surface area contributed by atoms with Crippen molar-refractivity contribution in [3.63, 3.8) is 0 Å². The van der Waals surface area contributed by atoms with E-state index in [0.29, 0.717) is 19.6 Å². The van der Waals surface area contributed by atoms with E-state index in [4.69, 9.17) is 4.74 Å². The van der Waals surface area contributed by atoms with Crippen molar-refractivity contribution >= 4 is 15.9 Å². The SMILES string of the molecule is Cc1[nH]cnc1CN1CCN(C(=O)OC(C)(C)C)[C@@H]2CS(=O)(=O)C[C@@H]21. The number of nitrogens with one attached hydrogen (secondary N) is 1. The van der Waals surface area contributed by atoms with Crippen molar-refractivity contribution in [2.45, 2.75) is 51.9 Å². The number of aryl methyl sites for hydroxylation is 1. The highest BCUT2D eigenvalue weighted by molar-refractivity contribution is 7.91. The van der Waals surface area contributed by atoms with Gasteiger partial charge in [0.25, 0.3) is 0 Å². The average molecular weight is 370 g/mol. The van der Waals surface area contributed by atoms with Gasteiger partial charge >= 0.3 is 6.09 Å². The van der Waals surface area contributed by atoms with Crippen LogP contribution in [0.5, 0.6) is 0 Å². The van der Waals surface area contributed by atoms with Crippen LogP contribution in [0.25, 0.3) is 0 Å². The molecule has 0 bridgehead atoms. The molecule has 140 valence electrons. The lowest BCUT2D eigenvalue weighted by molar-refractivity contribution is -0.0107. The standard InChI is InChI=1S/C16H26N4O4S/c1-11-12(18-10-17-11)7-19-5-6-20(15(21)24-16(2,3)4)14-9-25(22,23)8-13(14)19/h10,13-14H,5-9H2,1-4H3,(H,17,18)/t13-,14+/m0/s1. The predicted octanol–water partition coefficient (Wildman–Crippen LogP) is 0.936. The smallest absolute Gasteiger partial charge is 0.410 e. The minimum absolute atomic E-state index is 0.00699. The summed E-state index contributed by atoms with van der Waals surface area (Å²) >= 11 is 0. The minimum atomic E-state index is -3.18. The van der Waals surface area contributed by atoms with E-state index < -0.39 is 21.5 Å². The fraction of sp³-hybridized carbons (Fsp3) is 0.750. The number of hydrogen-bond donors (Lipinski definition) is 1. The number of sulfone groups is 1. The lowest BCUT2D eigenvalue weighted by atomic mass is 10.0. The second-order valence-corrected chi connectivity index (χ2v) is 9.98. The number of carbonyl (C=O) groups excluding carboxylic acids is 1. The third-order valence-electron chi connectivity index (χ3n) is 4.71. The van der Waals surface area contributed by atoms with Gasteiger partial charge in [-0.1, -0.05) is 0 Å². The Kier molecular flexibility index (Phi) is 4.57. The first kappa shape index (κ1) is 18.2. The topological polar surface area (TPSA) is 95.6 Å². The summed E-state index contributed by atoms with van der Waals surface area (Å²) in [4.78, 5) is 23.6. The van der Waals surface area contributed by atoms with Gasteiger partial charge in [-0.3, -0.25) is 4.90 Å². The highest BCUT2D eigenvalue weighted by atomic mass is 32.2. The van der Waals surface area contributed by atoms with Gasteiger partial charge in [-0.05, 0) is 27.7 Å². The second-order valence-electron chi connectivity index (χ2n) is 7.83. The maximum Gasteiger partial charge on any atom is 0.410 e. The monoisotopic (exact) mass is 370 g/mol. The number of ether oxygens (including phenoxy) is 1. The highest BCUT2D eigenvalue weighted by Gasteiger charge is 2.49. The number of amides is 1. The number of aromatic amines is 1. The van der Waals surface area contributed by atoms with Crippen LogP contribution in [0.4, 0.5) is 4.79 Å². The zero-order chi connectivity index (χ0) is 18.4. The van der Waals surface area contributed by atoms with Gasteiger partial charge in [-0.15, -0.1) is 0 Å². The molecular weight excluding hydrogens is 344 g/mol. The molecule has 0 radical (unpaired) electrons. The summed E-state index contributed by atoms with van der Waals surface area (Å²) in [5.74, 6) is 0.0629. The maximum atomic E-state index is 12.5. The normalized spacial score (nSPS) is 26.5. The molecule has 25 heavy (non-hydrogen) atoms. The molecule has 2 aliphatic heterocycles. The molecule has 8 nitrogen and oxygen atoms in total. The predicted molar refractivity (Wildman–Crippen MR) is 92.9 cm³/mol. The van der Waals surface area contributed by atoms with E-state index in [0.717, 1.165) is 11.4 Å². The molecule has 0 spiro atoms. The molecule has 2 fully saturated rings.